The molecule has 0 saturated carbocycles. The van der Waals surface area contributed by atoms with Gasteiger partial charge in [-0.25, -0.2) is 0 Å². The number of nitrogens with zero attached hydrogens (tertiary/aromatic N) is 1. The van der Waals surface area contributed by atoms with E-state index < -0.39 is 6.04 Å². The molecule has 3 rings (SSSR count). The SMILES string of the molecule is Cc1cc(OCC(=O)N(Cc2c(Cl)cccc2Cl)[C@H](Cc2ccccc2)C(=O)NC(C)C)ccc1Br. The van der Waals surface area contributed by atoms with Crippen molar-refractivity contribution in [2.75, 3.05) is 6.61 Å². The lowest BCUT2D eigenvalue weighted by Crippen LogP contribution is -2.52. The summed E-state index contributed by atoms with van der Waals surface area (Å²) in [7, 11) is 0. The number of benzene rings is 3. The minimum absolute atomic E-state index is 0.0586. The number of carbonyl (C=O) groups excluding carboxylic acids is 2. The lowest BCUT2D eigenvalue weighted by atomic mass is 10.0. The van der Waals surface area contributed by atoms with Crippen molar-refractivity contribution < 1.29 is 14.3 Å². The summed E-state index contributed by atoms with van der Waals surface area (Å²) < 4.78 is 6.78. The quantitative estimate of drug-likeness (QED) is 0.289. The van der Waals surface area contributed by atoms with Gasteiger partial charge in [-0.2, -0.15) is 0 Å². The minimum Gasteiger partial charge on any atom is -0.484 e. The molecule has 0 saturated heterocycles. The largest absolute Gasteiger partial charge is 0.484 e. The van der Waals surface area contributed by atoms with Crippen LogP contribution in [0.5, 0.6) is 5.75 Å². The van der Waals surface area contributed by atoms with Gasteiger partial charge in [0.05, 0.1) is 0 Å². The highest BCUT2D eigenvalue weighted by molar-refractivity contribution is 9.10. The molecule has 0 aliphatic rings. The third-order valence-corrected chi connectivity index (χ3v) is 7.18. The highest BCUT2D eigenvalue weighted by Crippen LogP contribution is 2.28. The van der Waals surface area contributed by atoms with E-state index in [1.165, 1.54) is 4.90 Å². The highest BCUT2D eigenvalue weighted by atomic mass is 79.9. The van der Waals surface area contributed by atoms with Crippen molar-refractivity contribution in [3.63, 3.8) is 0 Å². The van der Waals surface area contributed by atoms with E-state index >= 15 is 0 Å². The number of rotatable bonds is 10. The summed E-state index contributed by atoms with van der Waals surface area (Å²) in [5, 5.41) is 3.80. The molecular formula is C28H29BrCl2N2O3. The second-order valence-corrected chi connectivity index (χ2v) is 10.5. The van der Waals surface area contributed by atoms with E-state index in [2.05, 4.69) is 21.2 Å². The third kappa shape index (κ3) is 7.73. The van der Waals surface area contributed by atoms with Crippen molar-refractivity contribution in [1.82, 2.24) is 10.2 Å². The Morgan fingerprint density at radius 1 is 1.00 bits per heavy atom. The standard InChI is InChI=1S/C28H29BrCl2N2O3/c1-18(2)32-28(35)26(15-20-8-5-4-6-9-20)33(16-22-24(30)10-7-11-25(22)31)27(34)17-36-21-12-13-23(29)19(3)14-21/h4-14,18,26H,15-17H2,1-3H3,(H,32,35)/t26-/m1/s1. The normalized spacial score (nSPS) is 11.8. The van der Waals surface area contributed by atoms with Gasteiger partial charge in [-0.15, -0.1) is 0 Å². The second-order valence-electron chi connectivity index (χ2n) is 8.79. The van der Waals surface area contributed by atoms with E-state index in [1.54, 1.807) is 24.3 Å². The zero-order chi connectivity index (χ0) is 26.2. The van der Waals surface area contributed by atoms with Crippen LogP contribution in [-0.2, 0) is 22.6 Å². The first kappa shape index (κ1) is 28.0. The monoisotopic (exact) mass is 590 g/mol. The first-order valence-corrected chi connectivity index (χ1v) is 13.2. The fraction of sp³-hybridized carbons (Fsp3) is 0.286. The van der Waals surface area contributed by atoms with Gasteiger partial charge < -0.3 is 15.0 Å². The number of carbonyl (C=O) groups is 2. The van der Waals surface area contributed by atoms with E-state index in [4.69, 9.17) is 27.9 Å². The molecular weight excluding hydrogens is 563 g/mol. The van der Waals surface area contributed by atoms with Crippen LogP contribution >= 0.6 is 39.1 Å². The van der Waals surface area contributed by atoms with Crippen LogP contribution < -0.4 is 10.1 Å². The fourth-order valence-corrected chi connectivity index (χ4v) is 4.49. The lowest BCUT2D eigenvalue weighted by molar-refractivity contribution is -0.143. The summed E-state index contributed by atoms with van der Waals surface area (Å²) in [5.41, 5.74) is 2.48. The van der Waals surface area contributed by atoms with E-state index in [-0.39, 0.29) is 31.0 Å². The maximum absolute atomic E-state index is 13.6. The molecule has 0 radical (unpaired) electrons. The Kier molecular flexibility index (Phi) is 10.2. The van der Waals surface area contributed by atoms with Crippen molar-refractivity contribution in [2.24, 2.45) is 0 Å². The molecule has 1 N–H and O–H groups in total. The van der Waals surface area contributed by atoms with Gasteiger partial charge >= 0.3 is 0 Å². The Morgan fingerprint density at radius 2 is 1.67 bits per heavy atom. The van der Waals surface area contributed by atoms with Gasteiger partial charge in [0.15, 0.2) is 6.61 Å². The first-order valence-electron chi connectivity index (χ1n) is 11.6. The van der Waals surface area contributed by atoms with Crippen LogP contribution in [0.2, 0.25) is 10.0 Å². The number of amides is 2. The van der Waals surface area contributed by atoms with E-state index in [0.29, 0.717) is 27.8 Å². The van der Waals surface area contributed by atoms with Gasteiger partial charge in [-0.05, 0) is 62.2 Å². The van der Waals surface area contributed by atoms with Gasteiger partial charge in [0.2, 0.25) is 5.91 Å². The van der Waals surface area contributed by atoms with Crippen LogP contribution in [0.15, 0.2) is 71.2 Å². The molecule has 36 heavy (non-hydrogen) atoms. The molecule has 0 spiro atoms. The molecule has 0 aliphatic heterocycles. The van der Waals surface area contributed by atoms with Gasteiger partial charge in [0, 0.05) is 39.1 Å². The van der Waals surface area contributed by atoms with Crippen molar-refractivity contribution in [3.05, 3.63) is 97.9 Å². The Hall–Kier alpha value is -2.54. The molecule has 3 aromatic carbocycles. The third-order valence-electron chi connectivity index (χ3n) is 5.58. The molecule has 3 aromatic rings. The van der Waals surface area contributed by atoms with Gasteiger partial charge in [-0.1, -0.05) is 75.5 Å². The molecule has 0 heterocycles. The van der Waals surface area contributed by atoms with Crippen LogP contribution in [0.4, 0.5) is 0 Å². The first-order chi connectivity index (χ1) is 17.2. The zero-order valence-electron chi connectivity index (χ0n) is 20.4. The van der Waals surface area contributed by atoms with Crippen LogP contribution in [0, 0.1) is 6.92 Å². The molecule has 0 unspecified atom stereocenters. The predicted octanol–water partition coefficient (Wildman–Crippen LogP) is 6.61. The molecule has 0 fully saturated rings. The van der Waals surface area contributed by atoms with Crippen molar-refractivity contribution in [2.45, 2.75) is 45.8 Å². The number of hydrogen-bond acceptors (Lipinski definition) is 3. The summed E-state index contributed by atoms with van der Waals surface area (Å²) in [4.78, 5) is 28.5. The van der Waals surface area contributed by atoms with E-state index in [0.717, 1.165) is 15.6 Å². The van der Waals surface area contributed by atoms with E-state index in [9.17, 15) is 9.59 Å². The van der Waals surface area contributed by atoms with Crippen LogP contribution in [0.3, 0.4) is 0 Å². The summed E-state index contributed by atoms with van der Waals surface area (Å²) in [6, 6.07) is 19.4. The lowest BCUT2D eigenvalue weighted by Gasteiger charge is -2.32. The minimum atomic E-state index is -0.801. The summed E-state index contributed by atoms with van der Waals surface area (Å²) >= 11 is 16.4. The van der Waals surface area contributed by atoms with Crippen molar-refractivity contribution >= 4 is 50.9 Å². The predicted molar refractivity (Wildman–Crippen MR) is 149 cm³/mol. The maximum Gasteiger partial charge on any atom is 0.261 e. The average Bonchev–Trinajstić information content (AvgIpc) is 2.83. The molecule has 0 aliphatic carbocycles. The number of hydrogen-bond donors (Lipinski definition) is 1. The molecule has 5 nitrogen and oxygen atoms in total. The summed E-state index contributed by atoms with van der Waals surface area (Å²) in [6.45, 7) is 5.52. The average molecular weight is 592 g/mol. The van der Waals surface area contributed by atoms with Crippen molar-refractivity contribution in [3.8, 4) is 5.75 Å². The van der Waals surface area contributed by atoms with Gasteiger partial charge in [0.1, 0.15) is 11.8 Å². The Morgan fingerprint density at radius 3 is 2.28 bits per heavy atom. The van der Waals surface area contributed by atoms with Crippen LogP contribution in [-0.4, -0.2) is 35.4 Å². The fourth-order valence-electron chi connectivity index (χ4n) is 3.72. The molecule has 0 bridgehead atoms. The molecule has 1 atom stereocenters. The Bertz CT molecular complexity index is 1180. The number of halogens is 3. The number of nitrogens with one attached hydrogen (secondary N) is 1. The topological polar surface area (TPSA) is 58.6 Å². The molecule has 8 heteroatoms. The van der Waals surface area contributed by atoms with Gasteiger partial charge in [0.25, 0.3) is 5.91 Å². The smallest absolute Gasteiger partial charge is 0.261 e. The van der Waals surface area contributed by atoms with Crippen molar-refractivity contribution in [1.29, 1.82) is 0 Å². The maximum atomic E-state index is 13.6. The Labute approximate surface area is 230 Å². The van der Waals surface area contributed by atoms with Crippen LogP contribution in [0.1, 0.15) is 30.5 Å². The number of ether oxygens (including phenoxy) is 1. The highest BCUT2D eigenvalue weighted by Gasteiger charge is 2.32. The number of aryl methyl sites for hydroxylation is 1. The molecule has 2 amide bonds. The Balaban J connectivity index is 1.96. The van der Waals surface area contributed by atoms with Crippen LogP contribution in [0.25, 0.3) is 0 Å². The summed E-state index contributed by atoms with van der Waals surface area (Å²) in [6.07, 6.45) is 0.324. The second kappa shape index (κ2) is 13.1. The molecule has 0 aromatic heterocycles. The summed E-state index contributed by atoms with van der Waals surface area (Å²) in [5.74, 6) is -0.0534. The zero-order valence-corrected chi connectivity index (χ0v) is 23.5. The van der Waals surface area contributed by atoms with E-state index in [1.807, 2.05) is 63.2 Å². The molecule has 190 valence electrons. The van der Waals surface area contributed by atoms with Gasteiger partial charge in [-0.3, -0.25) is 9.59 Å².